The van der Waals surface area contributed by atoms with Gasteiger partial charge in [0.1, 0.15) is 5.75 Å². The Morgan fingerprint density at radius 1 is 1.15 bits per heavy atom. The molecule has 110 valence electrons. The van der Waals surface area contributed by atoms with Crippen molar-refractivity contribution in [2.75, 3.05) is 26.7 Å². The Morgan fingerprint density at radius 2 is 1.75 bits per heavy atom. The normalized spacial score (nSPS) is 16.1. The molecule has 3 heteroatoms. The zero-order valence-corrected chi connectivity index (χ0v) is 12.9. The minimum Gasteiger partial charge on any atom is -0.497 e. The van der Waals surface area contributed by atoms with E-state index in [0.717, 1.165) is 42.1 Å². The van der Waals surface area contributed by atoms with Crippen LogP contribution in [-0.2, 0) is 0 Å². The minimum absolute atomic E-state index is 0.258. The van der Waals surface area contributed by atoms with Crippen LogP contribution in [0.2, 0.25) is 0 Å². The zero-order valence-electron chi connectivity index (χ0n) is 12.9. The highest BCUT2D eigenvalue weighted by atomic mass is 16.5. The number of hydrogen-bond donors (Lipinski definition) is 0. The maximum Gasteiger partial charge on any atom is 0.164 e. The molecular weight excluding hydrogens is 250 g/mol. The van der Waals surface area contributed by atoms with Gasteiger partial charge in [0, 0.05) is 18.5 Å². The van der Waals surface area contributed by atoms with Crippen molar-refractivity contribution in [1.82, 2.24) is 4.90 Å². The van der Waals surface area contributed by atoms with Gasteiger partial charge in [0.05, 0.1) is 7.11 Å². The van der Waals surface area contributed by atoms with Gasteiger partial charge in [0.2, 0.25) is 0 Å². The highest BCUT2D eigenvalue weighted by Gasteiger charge is 2.16. The number of likely N-dealkylation sites (tertiary alicyclic amines) is 1. The third-order valence-electron chi connectivity index (χ3n) is 4.12. The van der Waals surface area contributed by atoms with E-state index in [1.807, 2.05) is 26.0 Å². The summed E-state index contributed by atoms with van der Waals surface area (Å²) in [6.07, 6.45) is 4.50. The fraction of sp³-hybridized carbons (Fsp3) is 0.588. The molecule has 0 saturated carbocycles. The number of methoxy groups -OCH3 is 1. The summed E-state index contributed by atoms with van der Waals surface area (Å²) in [4.78, 5) is 14.9. The summed E-state index contributed by atoms with van der Waals surface area (Å²) >= 11 is 0. The molecule has 0 atom stereocenters. The van der Waals surface area contributed by atoms with Crippen LogP contribution in [0.25, 0.3) is 0 Å². The van der Waals surface area contributed by atoms with Crippen molar-refractivity contribution >= 4 is 5.78 Å². The largest absolute Gasteiger partial charge is 0.497 e. The minimum atomic E-state index is 0.258. The summed E-state index contributed by atoms with van der Waals surface area (Å²) < 4.78 is 5.25. The highest BCUT2D eigenvalue weighted by Crippen LogP contribution is 2.23. The van der Waals surface area contributed by atoms with Gasteiger partial charge in [-0.15, -0.1) is 0 Å². The number of Topliss-reactive ketones (excluding diaryl/α,β-unsaturated/α-hetero) is 1. The van der Waals surface area contributed by atoms with Crippen molar-refractivity contribution in [3.05, 3.63) is 28.8 Å². The molecule has 1 aliphatic rings. The number of benzene rings is 1. The van der Waals surface area contributed by atoms with Crippen molar-refractivity contribution in [1.29, 1.82) is 0 Å². The van der Waals surface area contributed by atoms with Crippen LogP contribution in [0, 0.1) is 13.8 Å². The van der Waals surface area contributed by atoms with Crippen molar-refractivity contribution in [3.8, 4) is 5.75 Å². The molecule has 3 nitrogen and oxygen atoms in total. The van der Waals surface area contributed by atoms with E-state index in [0.29, 0.717) is 6.42 Å². The summed E-state index contributed by atoms with van der Waals surface area (Å²) in [6.45, 7) is 7.17. The predicted molar refractivity (Wildman–Crippen MR) is 81.7 cm³/mol. The van der Waals surface area contributed by atoms with Gasteiger partial charge in [-0.2, -0.15) is 0 Å². The van der Waals surface area contributed by atoms with Crippen molar-refractivity contribution < 1.29 is 9.53 Å². The molecule has 2 rings (SSSR count). The van der Waals surface area contributed by atoms with Gasteiger partial charge in [-0.3, -0.25) is 4.79 Å². The van der Waals surface area contributed by atoms with Crippen LogP contribution in [0.4, 0.5) is 0 Å². The van der Waals surface area contributed by atoms with E-state index in [2.05, 4.69) is 4.90 Å². The average molecular weight is 275 g/mol. The molecule has 1 aliphatic heterocycles. The molecule has 0 radical (unpaired) electrons. The third-order valence-corrected chi connectivity index (χ3v) is 4.12. The van der Waals surface area contributed by atoms with Crippen LogP contribution in [0.15, 0.2) is 12.1 Å². The second kappa shape index (κ2) is 6.89. The Balaban J connectivity index is 2.01. The Morgan fingerprint density at radius 3 is 2.30 bits per heavy atom. The zero-order chi connectivity index (χ0) is 14.5. The van der Waals surface area contributed by atoms with Gasteiger partial charge in [-0.1, -0.05) is 6.42 Å². The van der Waals surface area contributed by atoms with Crippen LogP contribution in [0.3, 0.4) is 0 Å². The van der Waals surface area contributed by atoms with E-state index >= 15 is 0 Å². The van der Waals surface area contributed by atoms with Crippen LogP contribution in [0.5, 0.6) is 5.75 Å². The van der Waals surface area contributed by atoms with E-state index in [4.69, 9.17) is 4.74 Å². The maximum absolute atomic E-state index is 12.5. The van der Waals surface area contributed by atoms with Gasteiger partial charge >= 0.3 is 0 Å². The van der Waals surface area contributed by atoms with E-state index in [1.54, 1.807) is 7.11 Å². The number of aryl methyl sites for hydroxylation is 2. The van der Waals surface area contributed by atoms with E-state index < -0.39 is 0 Å². The van der Waals surface area contributed by atoms with E-state index in [1.165, 1.54) is 19.3 Å². The second-order valence-electron chi connectivity index (χ2n) is 5.71. The average Bonchev–Trinajstić information content (AvgIpc) is 2.45. The quantitative estimate of drug-likeness (QED) is 0.772. The maximum atomic E-state index is 12.5. The SMILES string of the molecule is COc1cc(C)c(C(=O)CCN2CCCCC2)c(C)c1. The summed E-state index contributed by atoms with van der Waals surface area (Å²) in [5, 5.41) is 0. The molecule has 20 heavy (non-hydrogen) atoms. The number of hydrogen-bond acceptors (Lipinski definition) is 3. The molecule has 0 unspecified atom stereocenters. The first kappa shape index (κ1) is 15.0. The number of carbonyl (C=O) groups excluding carboxylic acids is 1. The number of piperidine rings is 1. The first-order valence-electron chi connectivity index (χ1n) is 7.52. The number of carbonyl (C=O) groups is 1. The number of ether oxygens (including phenoxy) is 1. The molecule has 0 aliphatic carbocycles. The summed E-state index contributed by atoms with van der Waals surface area (Å²) in [7, 11) is 1.66. The number of ketones is 1. The second-order valence-corrected chi connectivity index (χ2v) is 5.71. The van der Waals surface area contributed by atoms with Crippen LogP contribution in [0.1, 0.15) is 47.2 Å². The lowest BCUT2D eigenvalue weighted by Crippen LogP contribution is -2.31. The fourth-order valence-corrected chi connectivity index (χ4v) is 3.05. The molecule has 1 aromatic rings. The van der Waals surface area contributed by atoms with E-state index in [-0.39, 0.29) is 5.78 Å². The van der Waals surface area contributed by atoms with Crippen LogP contribution in [-0.4, -0.2) is 37.4 Å². The molecule has 0 spiro atoms. The standard InChI is InChI=1S/C17H25NO2/c1-13-11-15(20-3)12-14(2)17(13)16(19)7-10-18-8-5-4-6-9-18/h11-12H,4-10H2,1-3H3. The number of rotatable bonds is 5. The molecule has 0 N–H and O–H groups in total. The van der Waals surface area contributed by atoms with Crippen LogP contribution >= 0.6 is 0 Å². The Labute approximate surface area is 121 Å². The summed E-state index contributed by atoms with van der Waals surface area (Å²) in [6, 6.07) is 3.89. The first-order chi connectivity index (χ1) is 9.61. The smallest absolute Gasteiger partial charge is 0.164 e. The van der Waals surface area contributed by atoms with Gasteiger partial charge in [0.15, 0.2) is 5.78 Å². The lowest BCUT2D eigenvalue weighted by molar-refractivity contribution is 0.0957. The molecule has 0 bridgehead atoms. The Hall–Kier alpha value is -1.35. The summed E-state index contributed by atoms with van der Waals surface area (Å²) in [5.41, 5.74) is 2.92. The topological polar surface area (TPSA) is 29.5 Å². The van der Waals surface area contributed by atoms with Crippen molar-refractivity contribution in [3.63, 3.8) is 0 Å². The first-order valence-corrected chi connectivity index (χ1v) is 7.52. The molecule has 0 amide bonds. The third kappa shape index (κ3) is 3.60. The van der Waals surface area contributed by atoms with Gasteiger partial charge in [-0.05, 0) is 63.0 Å². The Bertz CT molecular complexity index is 453. The molecule has 1 saturated heterocycles. The van der Waals surface area contributed by atoms with Crippen molar-refractivity contribution in [2.24, 2.45) is 0 Å². The lowest BCUT2D eigenvalue weighted by Gasteiger charge is -2.26. The Kier molecular flexibility index (Phi) is 5.18. The highest BCUT2D eigenvalue weighted by molar-refractivity contribution is 5.99. The van der Waals surface area contributed by atoms with Gasteiger partial charge < -0.3 is 9.64 Å². The number of nitrogens with zero attached hydrogens (tertiary/aromatic N) is 1. The fourth-order valence-electron chi connectivity index (χ4n) is 3.05. The molecule has 1 fully saturated rings. The summed E-state index contributed by atoms with van der Waals surface area (Å²) in [5.74, 6) is 1.08. The molecule has 1 heterocycles. The molecular formula is C17H25NO2. The van der Waals surface area contributed by atoms with Gasteiger partial charge in [-0.25, -0.2) is 0 Å². The monoisotopic (exact) mass is 275 g/mol. The van der Waals surface area contributed by atoms with Crippen LogP contribution < -0.4 is 4.74 Å². The lowest BCUT2D eigenvalue weighted by atomic mass is 9.96. The van der Waals surface area contributed by atoms with Crippen molar-refractivity contribution in [2.45, 2.75) is 39.5 Å². The predicted octanol–water partition coefficient (Wildman–Crippen LogP) is 3.37. The molecule has 1 aromatic carbocycles. The molecule has 0 aromatic heterocycles. The van der Waals surface area contributed by atoms with E-state index in [9.17, 15) is 4.79 Å². The van der Waals surface area contributed by atoms with Gasteiger partial charge in [0.25, 0.3) is 0 Å².